The van der Waals surface area contributed by atoms with E-state index in [0.29, 0.717) is 16.7 Å². The molecule has 280 valence electrons. The fraction of sp³-hybridized carbons (Fsp3) is 0.231. The zero-order chi connectivity index (χ0) is 38.8. The van der Waals surface area contributed by atoms with Gasteiger partial charge in [0, 0.05) is 45.2 Å². The maximum Gasteiger partial charge on any atom is 0.299 e. The Bertz CT molecular complexity index is 2400. The predicted molar refractivity (Wildman–Crippen MR) is 204 cm³/mol. The number of nitrogens with zero attached hydrogens (tertiary/aromatic N) is 4. The summed E-state index contributed by atoms with van der Waals surface area (Å²) in [6, 6.07) is 17.6. The molecule has 0 spiro atoms. The molecule has 3 N–H and O–H groups in total. The van der Waals surface area contributed by atoms with Crippen molar-refractivity contribution in [3.63, 3.8) is 0 Å². The van der Waals surface area contributed by atoms with Crippen molar-refractivity contribution < 1.29 is 33.4 Å². The summed E-state index contributed by atoms with van der Waals surface area (Å²) in [4.78, 5) is 68.8. The van der Waals surface area contributed by atoms with Gasteiger partial charge in [-0.05, 0) is 68.8 Å². The number of thiophene rings is 1. The van der Waals surface area contributed by atoms with E-state index in [1.807, 2.05) is 41.1 Å². The van der Waals surface area contributed by atoms with E-state index in [2.05, 4.69) is 34.7 Å². The molecular formula is C39H34ClN7O7S. The summed E-state index contributed by atoms with van der Waals surface area (Å²) in [5.74, 6) is -1.60. The van der Waals surface area contributed by atoms with Crippen LogP contribution in [0.4, 0.5) is 0 Å². The van der Waals surface area contributed by atoms with Gasteiger partial charge in [-0.2, -0.15) is 0 Å². The van der Waals surface area contributed by atoms with Crippen molar-refractivity contribution in [3.05, 3.63) is 122 Å². The van der Waals surface area contributed by atoms with Crippen LogP contribution in [-0.2, 0) is 14.3 Å². The lowest BCUT2D eigenvalue weighted by Gasteiger charge is -2.17. The van der Waals surface area contributed by atoms with Crippen LogP contribution in [0, 0.1) is 20.8 Å². The summed E-state index contributed by atoms with van der Waals surface area (Å²) in [7, 11) is 0. The van der Waals surface area contributed by atoms with Gasteiger partial charge in [-0.15, -0.1) is 21.5 Å². The first kappa shape index (κ1) is 37.3. The number of aromatic nitrogens is 3. The molecule has 2 aliphatic heterocycles. The van der Waals surface area contributed by atoms with Crippen LogP contribution in [0.5, 0.6) is 11.5 Å². The van der Waals surface area contributed by atoms with E-state index in [1.165, 1.54) is 24.3 Å². The molecular weight excluding hydrogens is 746 g/mol. The molecule has 0 radical (unpaired) electrons. The number of halogens is 1. The highest BCUT2D eigenvalue weighted by molar-refractivity contribution is 7.15. The van der Waals surface area contributed by atoms with Crippen molar-refractivity contribution in [3.8, 4) is 16.5 Å². The van der Waals surface area contributed by atoms with E-state index in [0.717, 1.165) is 32.3 Å². The smallest absolute Gasteiger partial charge is 0.299 e. The molecule has 2 aliphatic rings. The summed E-state index contributed by atoms with van der Waals surface area (Å²) >= 11 is 7.84. The van der Waals surface area contributed by atoms with Crippen LogP contribution < -0.4 is 20.7 Å². The van der Waals surface area contributed by atoms with Crippen molar-refractivity contribution in [1.29, 1.82) is 0 Å². The number of benzene rings is 3. The van der Waals surface area contributed by atoms with Gasteiger partial charge in [0.1, 0.15) is 28.4 Å². The number of rotatable bonds is 12. The minimum atomic E-state index is -1.00. The van der Waals surface area contributed by atoms with Crippen molar-refractivity contribution >= 4 is 58.1 Å². The number of amides is 4. The number of Topliss-reactive ketones (excluding diaryl/α,β-unsaturated/α-hetero) is 1. The number of carbonyl (C=O) groups excluding carboxylic acids is 5. The normalized spacial score (nSPS) is 14.6. The fourth-order valence-electron chi connectivity index (χ4n) is 6.30. The molecule has 55 heavy (non-hydrogen) atoms. The molecule has 5 aromatic rings. The van der Waals surface area contributed by atoms with Gasteiger partial charge < -0.3 is 20.1 Å². The van der Waals surface area contributed by atoms with Crippen LogP contribution in [0.2, 0.25) is 5.02 Å². The maximum absolute atomic E-state index is 13.2. The van der Waals surface area contributed by atoms with Gasteiger partial charge in [0.15, 0.2) is 5.82 Å². The number of nitrogens with one attached hydrogen (secondary N) is 3. The van der Waals surface area contributed by atoms with Gasteiger partial charge in [-0.25, -0.2) is 0 Å². The maximum atomic E-state index is 13.2. The highest BCUT2D eigenvalue weighted by Gasteiger charge is 2.34. The first-order valence-corrected chi connectivity index (χ1v) is 18.5. The highest BCUT2D eigenvalue weighted by Crippen LogP contribution is 2.39. The second-order valence-electron chi connectivity index (χ2n) is 12.7. The Morgan fingerprint density at radius 1 is 0.909 bits per heavy atom. The predicted octanol–water partition coefficient (Wildman–Crippen LogP) is 5.00. The van der Waals surface area contributed by atoms with E-state index < -0.39 is 23.6 Å². The molecule has 2 aromatic heterocycles. The van der Waals surface area contributed by atoms with Crippen molar-refractivity contribution in [1.82, 2.24) is 30.7 Å². The van der Waals surface area contributed by atoms with E-state index in [9.17, 15) is 24.0 Å². The van der Waals surface area contributed by atoms with Gasteiger partial charge in [0.25, 0.3) is 23.5 Å². The molecule has 4 heterocycles. The first-order valence-electron chi connectivity index (χ1n) is 17.3. The van der Waals surface area contributed by atoms with Gasteiger partial charge in [-0.3, -0.25) is 38.8 Å². The standard InChI is InChI=1S/C39H34ClN7O7S/c1-20-21(2)55-39-31(20)33(23-10-12-25(40)13-11-23)43-28(35-46-45-22(3)47(35)39)19-30(48)41-14-16-53-17-15-42-36(50)24-6-4-7-26(18-24)54-29-9-5-8-27-32(29)37(51)44-38(52)34(27)49/h4-13,18,28H,14-17,19H2,1-3H3,(H,41,48)(H,42,50)(H,44,51,52)/t28-/m0/s1. The molecule has 0 fully saturated rings. The summed E-state index contributed by atoms with van der Waals surface area (Å²) in [6.07, 6.45) is 0.0404. The quantitative estimate of drug-likeness (QED) is 0.0892. The van der Waals surface area contributed by atoms with Gasteiger partial charge >= 0.3 is 0 Å². The lowest BCUT2D eigenvalue weighted by molar-refractivity contribution is -0.121. The Morgan fingerprint density at radius 2 is 1.65 bits per heavy atom. The molecule has 7 rings (SSSR count). The molecule has 0 unspecified atom stereocenters. The Balaban J connectivity index is 0.913. The third-order valence-corrected chi connectivity index (χ3v) is 10.5. The fourth-order valence-corrected chi connectivity index (χ4v) is 7.64. The van der Waals surface area contributed by atoms with Crippen LogP contribution in [-0.4, -0.2) is 76.2 Å². The Kier molecular flexibility index (Phi) is 10.7. The Morgan fingerprint density at radius 3 is 2.44 bits per heavy atom. The lowest BCUT2D eigenvalue weighted by Crippen LogP contribution is -2.42. The first-order chi connectivity index (χ1) is 26.5. The molecule has 0 bridgehead atoms. The van der Waals surface area contributed by atoms with Gasteiger partial charge in [0.2, 0.25) is 5.91 Å². The van der Waals surface area contributed by atoms with Crippen molar-refractivity contribution in [2.24, 2.45) is 4.99 Å². The molecule has 0 aliphatic carbocycles. The molecule has 1 atom stereocenters. The topological polar surface area (TPSA) is 183 Å². The van der Waals surface area contributed by atoms with E-state index in [4.69, 9.17) is 26.1 Å². The number of ether oxygens (including phenoxy) is 2. The summed E-state index contributed by atoms with van der Waals surface area (Å²) in [5, 5.41) is 18.0. The van der Waals surface area contributed by atoms with Crippen LogP contribution in [0.25, 0.3) is 5.00 Å². The number of hydrogen-bond acceptors (Lipinski definition) is 11. The number of aryl methyl sites for hydroxylation is 2. The number of carbonyl (C=O) groups is 5. The second-order valence-corrected chi connectivity index (χ2v) is 14.4. The van der Waals surface area contributed by atoms with Gasteiger partial charge in [0.05, 0.1) is 30.9 Å². The number of ketones is 1. The van der Waals surface area contributed by atoms with E-state index in [1.54, 1.807) is 29.5 Å². The molecule has 3 aromatic carbocycles. The highest BCUT2D eigenvalue weighted by atomic mass is 35.5. The largest absolute Gasteiger partial charge is 0.456 e. The summed E-state index contributed by atoms with van der Waals surface area (Å²) in [6.45, 7) is 6.87. The Labute approximate surface area is 323 Å². The lowest BCUT2D eigenvalue weighted by atomic mass is 9.98. The second kappa shape index (κ2) is 15.8. The third kappa shape index (κ3) is 7.67. The monoisotopic (exact) mass is 779 g/mol. The number of hydrogen-bond donors (Lipinski definition) is 3. The number of fused-ring (bicyclic) bond motifs is 4. The Hall–Kier alpha value is -6.03. The van der Waals surface area contributed by atoms with E-state index in [-0.39, 0.29) is 72.7 Å². The molecule has 0 saturated carbocycles. The third-order valence-electron chi connectivity index (χ3n) is 9.09. The van der Waals surface area contributed by atoms with Crippen molar-refractivity contribution in [2.75, 3.05) is 26.3 Å². The average molecular weight is 780 g/mol. The molecule has 4 amide bonds. The number of aliphatic imine (C=N–C) groups is 1. The summed E-state index contributed by atoms with van der Waals surface area (Å²) < 4.78 is 13.5. The van der Waals surface area contributed by atoms with Gasteiger partial charge in [-0.1, -0.05) is 35.9 Å². The minimum absolute atomic E-state index is 0.0404. The minimum Gasteiger partial charge on any atom is -0.456 e. The van der Waals surface area contributed by atoms with Crippen molar-refractivity contribution in [2.45, 2.75) is 33.2 Å². The van der Waals surface area contributed by atoms with Crippen LogP contribution >= 0.6 is 22.9 Å². The number of imide groups is 1. The molecule has 0 saturated heterocycles. The zero-order valence-electron chi connectivity index (χ0n) is 29.9. The SMILES string of the molecule is Cc1sc2c(c1C)C(c1ccc(Cl)cc1)=N[C@@H](CC(=O)NCCOCCNC(=O)c1cccc(Oc3cccc4c3C(=O)NC(=O)C4=O)c1)c1nnc(C)n1-2. The summed E-state index contributed by atoms with van der Waals surface area (Å²) in [5.41, 5.74) is 3.91. The molecule has 14 nitrogen and oxygen atoms in total. The van der Waals surface area contributed by atoms with E-state index >= 15 is 0 Å². The average Bonchev–Trinajstić information content (AvgIpc) is 3.65. The zero-order valence-corrected chi connectivity index (χ0v) is 31.5. The van der Waals surface area contributed by atoms with Crippen LogP contribution in [0.1, 0.15) is 76.8 Å². The van der Waals surface area contributed by atoms with Crippen LogP contribution in [0.15, 0.2) is 71.7 Å². The molecule has 16 heteroatoms. The van der Waals surface area contributed by atoms with Crippen LogP contribution in [0.3, 0.4) is 0 Å².